The molecule has 0 aromatic carbocycles. The number of hydrogen-bond acceptors (Lipinski definition) is 2. The lowest BCUT2D eigenvalue weighted by molar-refractivity contribution is 0.199. The van der Waals surface area contributed by atoms with E-state index >= 15 is 0 Å². The summed E-state index contributed by atoms with van der Waals surface area (Å²) in [7, 11) is 0. The molecular weight excluding hydrogens is 152 g/mol. The summed E-state index contributed by atoms with van der Waals surface area (Å²) < 4.78 is 4.98. The maximum Gasteiger partial charge on any atom is 0.133 e. The van der Waals surface area contributed by atoms with E-state index in [2.05, 4.69) is 18.4 Å². The van der Waals surface area contributed by atoms with E-state index in [1.807, 2.05) is 6.92 Å². The number of hydrogen-bond donors (Lipinski definition) is 1. The van der Waals surface area contributed by atoms with Gasteiger partial charge in [-0.25, -0.2) is 0 Å². The number of ether oxygens (including phenoxy) is 1. The van der Waals surface area contributed by atoms with Gasteiger partial charge in [0.1, 0.15) is 12.7 Å². The summed E-state index contributed by atoms with van der Waals surface area (Å²) in [5, 5.41) is 9.07. The maximum atomic E-state index is 9.07. The van der Waals surface area contributed by atoms with Crippen molar-refractivity contribution in [2.75, 3.05) is 13.2 Å². The van der Waals surface area contributed by atoms with E-state index < -0.39 is 6.10 Å². The highest BCUT2D eigenvalue weighted by molar-refractivity contribution is 5.11. The van der Waals surface area contributed by atoms with Gasteiger partial charge in [-0.3, -0.25) is 0 Å². The van der Waals surface area contributed by atoms with Crippen LogP contribution in [0.25, 0.3) is 0 Å². The molecule has 0 spiro atoms. The SMILES string of the molecule is C=CCOCC#CC(O)/C=C/C. The maximum absolute atomic E-state index is 9.07. The highest BCUT2D eigenvalue weighted by Gasteiger charge is 1.86. The Balaban J connectivity index is 3.50. The van der Waals surface area contributed by atoms with Gasteiger partial charge >= 0.3 is 0 Å². The summed E-state index contributed by atoms with van der Waals surface area (Å²) in [5.41, 5.74) is 0. The lowest BCUT2D eigenvalue weighted by atomic mass is 10.3. The zero-order valence-corrected chi connectivity index (χ0v) is 7.29. The molecule has 0 bridgehead atoms. The van der Waals surface area contributed by atoms with Gasteiger partial charge in [0.05, 0.1) is 6.61 Å². The van der Waals surface area contributed by atoms with E-state index in [1.165, 1.54) is 0 Å². The first-order chi connectivity index (χ1) is 5.81. The molecule has 1 unspecified atom stereocenters. The zero-order valence-electron chi connectivity index (χ0n) is 7.29. The van der Waals surface area contributed by atoms with Gasteiger partial charge in [0.25, 0.3) is 0 Å². The predicted molar refractivity (Wildman–Crippen MR) is 49.6 cm³/mol. The molecule has 0 radical (unpaired) electrons. The van der Waals surface area contributed by atoms with Gasteiger partial charge < -0.3 is 9.84 Å². The van der Waals surface area contributed by atoms with E-state index in [0.717, 1.165) is 0 Å². The normalized spacial score (nSPS) is 12.2. The van der Waals surface area contributed by atoms with Crippen LogP contribution in [0, 0.1) is 11.8 Å². The number of rotatable bonds is 4. The van der Waals surface area contributed by atoms with Gasteiger partial charge in [0.2, 0.25) is 0 Å². The van der Waals surface area contributed by atoms with E-state index in [-0.39, 0.29) is 0 Å². The van der Waals surface area contributed by atoms with Crippen LogP contribution in [0.15, 0.2) is 24.8 Å². The first kappa shape index (κ1) is 11.0. The molecule has 1 atom stereocenters. The molecule has 66 valence electrons. The first-order valence-electron chi connectivity index (χ1n) is 3.79. The van der Waals surface area contributed by atoms with Gasteiger partial charge in [0, 0.05) is 0 Å². The zero-order chi connectivity index (χ0) is 9.23. The summed E-state index contributed by atoms with van der Waals surface area (Å²) >= 11 is 0. The molecule has 0 aromatic rings. The molecule has 0 aromatic heterocycles. The number of aliphatic hydroxyl groups is 1. The van der Waals surface area contributed by atoms with Crippen molar-refractivity contribution in [1.82, 2.24) is 0 Å². The van der Waals surface area contributed by atoms with E-state index in [9.17, 15) is 0 Å². The third kappa shape index (κ3) is 7.07. The van der Waals surface area contributed by atoms with Crippen LogP contribution in [-0.4, -0.2) is 24.4 Å². The van der Waals surface area contributed by atoms with Crippen LogP contribution in [0.2, 0.25) is 0 Å². The number of aliphatic hydroxyl groups excluding tert-OH is 1. The standard InChI is InChI=1S/C10H14O2/c1-3-6-10(11)7-5-9-12-8-4-2/h3-4,6,10-11H,2,8-9H2,1H3/b6-3+. The highest BCUT2D eigenvalue weighted by atomic mass is 16.5. The smallest absolute Gasteiger partial charge is 0.133 e. The van der Waals surface area contributed by atoms with Crippen molar-refractivity contribution in [1.29, 1.82) is 0 Å². The first-order valence-corrected chi connectivity index (χ1v) is 3.79. The molecule has 2 nitrogen and oxygen atoms in total. The molecule has 0 rings (SSSR count). The Labute approximate surface area is 73.6 Å². The Bertz CT molecular complexity index is 196. The van der Waals surface area contributed by atoms with Crippen molar-refractivity contribution in [2.24, 2.45) is 0 Å². The van der Waals surface area contributed by atoms with Crippen molar-refractivity contribution in [3.63, 3.8) is 0 Å². The van der Waals surface area contributed by atoms with Crippen molar-refractivity contribution in [3.05, 3.63) is 24.8 Å². The molecule has 12 heavy (non-hydrogen) atoms. The fraction of sp³-hybridized carbons (Fsp3) is 0.400. The molecule has 0 amide bonds. The molecule has 0 aliphatic heterocycles. The molecule has 0 fully saturated rings. The van der Waals surface area contributed by atoms with Gasteiger partial charge in [0.15, 0.2) is 0 Å². The summed E-state index contributed by atoms with van der Waals surface area (Å²) in [4.78, 5) is 0. The van der Waals surface area contributed by atoms with Crippen LogP contribution in [0.5, 0.6) is 0 Å². The third-order valence-electron chi connectivity index (χ3n) is 1.03. The minimum absolute atomic E-state index is 0.334. The second kappa shape index (κ2) is 8.06. The highest BCUT2D eigenvalue weighted by Crippen LogP contribution is 1.82. The summed E-state index contributed by atoms with van der Waals surface area (Å²) in [6.45, 7) is 6.15. The third-order valence-corrected chi connectivity index (χ3v) is 1.03. The van der Waals surface area contributed by atoms with Crippen LogP contribution >= 0.6 is 0 Å². The van der Waals surface area contributed by atoms with E-state index in [1.54, 1.807) is 18.2 Å². The Morgan fingerprint density at radius 2 is 2.42 bits per heavy atom. The Morgan fingerprint density at radius 1 is 1.67 bits per heavy atom. The van der Waals surface area contributed by atoms with Crippen LogP contribution in [0.3, 0.4) is 0 Å². The summed E-state index contributed by atoms with van der Waals surface area (Å²) in [6, 6.07) is 0. The minimum atomic E-state index is -0.678. The van der Waals surface area contributed by atoms with Gasteiger partial charge in [-0.05, 0) is 13.0 Å². The van der Waals surface area contributed by atoms with Crippen molar-refractivity contribution in [2.45, 2.75) is 13.0 Å². The van der Waals surface area contributed by atoms with Crippen molar-refractivity contribution in [3.8, 4) is 11.8 Å². The monoisotopic (exact) mass is 166 g/mol. The Kier molecular flexibility index (Phi) is 7.36. The molecule has 0 saturated carbocycles. The van der Waals surface area contributed by atoms with Crippen molar-refractivity contribution < 1.29 is 9.84 Å². The Morgan fingerprint density at radius 3 is 3.00 bits per heavy atom. The molecule has 0 saturated heterocycles. The molecule has 0 aliphatic rings. The number of allylic oxidation sites excluding steroid dienone is 1. The molecule has 2 heteroatoms. The lowest BCUT2D eigenvalue weighted by Crippen LogP contribution is -1.98. The molecule has 1 N–H and O–H groups in total. The van der Waals surface area contributed by atoms with E-state index in [4.69, 9.17) is 9.84 Å². The second-order valence-corrected chi connectivity index (χ2v) is 2.10. The van der Waals surface area contributed by atoms with E-state index in [0.29, 0.717) is 13.2 Å². The minimum Gasteiger partial charge on any atom is -0.377 e. The quantitative estimate of drug-likeness (QED) is 0.385. The topological polar surface area (TPSA) is 29.5 Å². The Hall–Kier alpha value is -1.04. The van der Waals surface area contributed by atoms with Crippen LogP contribution in [0.1, 0.15) is 6.92 Å². The van der Waals surface area contributed by atoms with Crippen LogP contribution in [-0.2, 0) is 4.74 Å². The second-order valence-electron chi connectivity index (χ2n) is 2.10. The molecule has 0 aliphatic carbocycles. The fourth-order valence-corrected chi connectivity index (χ4v) is 0.570. The lowest BCUT2D eigenvalue weighted by Gasteiger charge is -1.93. The van der Waals surface area contributed by atoms with Gasteiger partial charge in [-0.2, -0.15) is 0 Å². The van der Waals surface area contributed by atoms with Crippen molar-refractivity contribution >= 4 is 0 Å². The fourth-order valence-electron chi connectivity index (χ4n) is 0.570. The van der Waals surface area contributed by atoms with Crippen LogP contribution in [0.4, 0.5) is 0 Å². The summed E-state index contributed by atoms with van der Waals surface area (Å²) in [6.07, 6.45) is 4.34. The molecule has 0 heterocycles. The average molecular weight is 166 g/mol. The predicted octanol–water partition coefficient (Wildman–Crippen LogP) is 1.13. The van der Waals surface area contributed by atoms with Crippen LogP contribution < -0.4 is 0 Å². The van der Waals surface area contributed by atoms with Gasteiger partial charge in [-0.15, -0.1) is 6.58 Å². The largest absolute Gasteiger partial charge is 0.377 e. The average Bonchev–Trinajstić information content (AvgIpc) is 2.05. The molecular formula is C10H14O2. The summed E-state index contributed by atoms with van der Waals surface area (Å²) in [5.74, 6) is 5.29. The van der Waals surface area contributed by atoms with Gasteiger partial charge in [-0.1, -0.05) is 24.0 Å².